The molecule has 1 N–H and O–H groups in total. The third kappa shape index (κ3) is 3.72. The fraction of sp³-hybridized carbons (Fsp3) is 1.00. The van der Waals surface area contributed by atoms with Crippen LogP contribution in [0.1, 0.15) is 13.3 Å². The summed E-state index contributed by atoms with van der Waals surface area (Å²) in [6.07, 6.45) is 3.48. The summed E-state index contributed by atoms with van der Waals surface area (Å²) in [4.78, 5) is 0. The summed E-state index contributed by atoms with van der Waals surface area (Å²) in [7, 11) is 0. The summed E-state index contributed by atoms with van der Waals surface area (Å²) in [6, 6.07) is 1.53. The van der Waals surface area contributed by atoms with Crippen molar-refractivity contribution in [2.75, 3.05) is 23.5 Å². The molecule has 0 aromatic heterocycles. The van der Waals surface area contributed by atoms with Crippen LogP contribution in [0.15, 0.2) is 0 Å². The van der Waals surface area contributed by atoms with Crippen LogP contribution < -0.4 is 5.32 Å². The zero-order chi connectivity index (χ0) is 8.10. The quantitative estimate of drug-likeness (QED) is 0.712. The molecule has 1 fully saturated rings. The van der Waals surface area contributed by atoms with Gasteiger partial charge >= 0.3 is 0 Å². The smallest absolute Gasteiger partial charge is 0.0251 e. The Labute approximate surface area is 78.1 Å². The second kappa shape index (κ2) is 5.33. The molecule has 3 heteroatoms. The molecule has 66 valence electrons. The van der Waals surface area contributed by atoms with E-state index in [1.165, 1.54) is 23.7 Å². The van der Waals surface area contributed by atoms with Crippen molar-refractivity contribution < 1.29 is 0 Å². The van der Waals surface area contributed by atoms with Gasteiger partial charge in [-0.05, 0) is 25.4 Å². The lowest BCUT2D eigenvalue weighted by Gasteiger charge is -2.29. The van der Waals surface area contributed by atoms with Gasteiger partial charge in [0.2, 0.25) is 0 Å². The van der Waals surface area contributed by atoms with Crippen LogP contribution in [-0.2, 0) is 0 Å². The van der Waals surface area contributed by atoms with E-state index < -0.39 is 0 Å². The fourth-order valence-electron chi connectivity index (χ4n) is 1.11. The molecular formula is C8H17NS2. The van der Waals surface area contributed by atoms with Gasteiger partial charge < -0.3 is 5.32 Å². The predicted octanol–water partition coefficient (Wildman–Crippen LogP) is 1.83. The van der Waals surface area contributed by atoms with Crippen molar-refractivity contribution in [2.45, 2.75) is 25.4 Å². The van der Waals surface area contributed by atoms with Crippen molar-refractivity contribution in [1.82, 2.24) is 5.32 Å². The van der Waals surface area contributed by atoms with Crippen LogP contribution in [0.3, 0.4) is 0 Å². The second-order valence-corrected chi connectivity index (χ2v) is 5.14. The molecule has 0 aromatic rings. The maximum atomic E-state index is 3.62. The van der Waals surface area contributed by atoms with E-state index in [-0.39, 0.29) is 0 Å². The Morgan fingerprint density at radius 3 is 2.82 bits per heavy atom. The Morgan fingerprint density at radius 1 is 1.64 bits per heavy atom. The zero-order valence-corrected chi connectivity index (χ0v) is 8.93. The van der Waals surface area contributed by atoms with Gasteiger partial charge in [0.25, 0.3) is 0 Å². The van der Waals surface area contributed by atoms with Gasteiger partial charge in [0.15, 0.2) is 0 Å². The van der Waals surface area contributed by atoms with Crippen LogP contribution in [0, 0.1) is 0 Å². The van der Waals surface area contributed by atoms with Crippen LogP contribution >= 0.6 is 23.5 Å². The van der Waals surface area contributed by atoms with Crippen LogP contribution in [0.4, 0.5) is 0 Å². The number of hydrogen-bond acceptors (Lipinski definition) is 3. The number of rotatable bonds is 5. The maximum Gasteiger partial charge on any atom is 0.0251 e. The van der Waals surface area contributed by atoms with Crippen molar-refractivity contribution in [3.63, 3.8) is 0 Å². The molecule has 0 radical (unpaired) electrons. The molecule has 0 saturated carbocycles. The van der Waals surface area contributed by atoms with E-state index in [0.717, 1.165) is 6.04 Å². The average molecular weight is 191 g/mol. The van der Waals surface area contributed by atoms with Crippen LogP contribution in [0.5, 0.6) is 0 Å². The summed E-state index contributed by atoms with van der Waals surface area (Å²) in [5.41, 5.74) is 0. The standard InChI is InChI=1S/C8H17NS2/c1-7(3-4-10-2)9-8-5-11-6-8/h7-9H,3-6H2,1-2H3. The molecule has 0 amide bonds. The van der Waals surface area contributed by atoms with Crippen molar-refractivity contribution in [2.24, 2.45) is 0 Å². The molecule has 11 heavy (non-hydrogen) atoms. The number of thioether (sulfide) groups is 2. The first-order valence-electron chi connectivity index (χ1n) is 4.15. The summed E-state index contributed by atoms with van der Waals surface area (Å²) < 4.78 is 0. The van der Waals surface area contributed by atoms with Gasteiger partial charge in [-0.2, -0.15) is 23.5 Å². The van der Waals surface area contributed by atoms with Crippen molar-refractivity contribution in [3.05, 3.63) is 0 Å². The van der Waals surface area contributed by atoms with Gasteiger partial charge in [-0.3, -0.25) is 0 Å². The van der Waals surface area contributed by atoms with E-state index in [1.54, 1.807) is 0 Å². The van der Waals surface area contributed by atoms with Crippen molar-refractivity contribution >= 4 is 23.5 Å². The summed E-state index contributed by atoms with van der Waals surface area (Å²) in [5, 5.41) is 3.62. The minimum absolute atomic E-state index is 0.716. The molecule has 1 heterocycles. The molecule has 1 nitrogen and oxygen atoms in total. The fourth-order valence-corrected chi connectivity index (χ4v) is 2.37. The highest BCUT2D eigenvalue weighted by atomic mass is 32.2. The lowest BCUT2D eigenvalue weighted by Crippen LogP contribution is -2.45. The topological polar surface area (TPSA) is 12.0 Å². The zero-order valence-electron chi connectivity index (χ0n) is 7.30. The average Bonchev–Trinajstić information content (AvgIpc) is 1.93. The largest absolute Gasteiger partial charge is 0.310 e. The Kier molecular flexibility index (Phi) is 4.72. The van der Waals surface area contributed by atoms with Gasteiger partial charge in [-0.25, -0.2) is 0 Å². The monoisotopic (exact) mass is 191 g/mol. The number of hydrogen-bond donors (Lipinski definition) is 1. The molecule has 1 saturated heterocycles. The van der Waals surface area contributed by atoms with Crippen LogP contribution in [0.25, 0.3) is 0 Å². The normalized spacial score (nSPS) is 21.3. The van der Waals surface area contributed by atoms with Gasteiger partial charge in [-0.15, -0.1) is 0 Å². The first-order chi connectivity index (χ1) is 5.33. The highest BCUT2D eigenvalue weighted by molar-refractivity contribution is 8.00. The first-order valence-corrected chi connectivity index (χ1v) is 6.70. The Balaban J connectivity index is 1.95. The molecule has 1 rings (SSSR count). The third-order valence-electron chi connectivity index (χ3n) is 1.91. The van der Waals surface area contributed by atoms with E-state index in [1.807, 2.05) is 23.5 Å². The Bertz CT molecular complexity index is 104. The van der Waals surface area contributed by atoms with Gasteiger partial charge in [0.05, 0.1) is 0 Å². The Morgan fingerprint density at radius 2 is 2.36 bits per heavy atom. The molecule has 0 aliphatic carbocycles. The molecule has 0 aromatic carbocycles. The van der Waals surface area contributed by atoms with Crippen molar-refractivity contribution in [1.29, 1.82) is 0 Å². The van der Waals surface area contributed by atoms with Gasteiger partial charge in [0.1, 0.15) is 0 Å². The van der Waals surface area contributed by atoms with Crippen LogP contribution in [-0.4, -0.2) is 35.6 Å². The van der Waals surface area contributed by atoms with Gasteiger partial charge in [0, 0.05) is 23.6 Å². The molecular weight excluding hydrogens is 174 g/mol. The molecule has 1 unspecified atom stereocenters. The van der Waals surface area contributed by atoms with E-state index in [0.29, 0.717) is 6.04 Å². The minimum atomic E-state index is 0.716. The minimum Gasteiger partial charge on any atom is -0.310 e. The molecule has 1 aliphatic rings. The lowest BCUT2D eigenvalue weighted by atomic mass is 10.2. The van der Waals surface area contributed by atoms with E-state index in [2.05, 4.69) is 18.5 Å². The highest BCUT2D eigenvalue weighted by Gasteiger charge is 2.18. The van der Waals surface area contributed by atoms with E-state index in [4.69, 9.17) is 0 Å². The third-order valence-corrected chi connectivity index (χ3v) is 3.83. The molecule has 0 spiro atoms. The number of nitrogens with one attached hydrogen (secondary N) is 1. The lowest BCUT2D eigenvalue weighted by molar-refractivity contribution is 0.479. The second-order valence-electron chi connectivity index (χ2n) is 3.08. The highest BCUT2D eigenvalue weighted by Crippen LogP contribution is 2.18. The first kappa shape index (κ1) is 9.75. The van der Waals surface area contributed by atoms with Crippen LogP contribution in [0.2, 0.25) is 0 Å². The predicted molar refractivity (Wildman–Crippen MR) is 56.7 cm³/mol. The summed E-state index contributed by atoms with van der Waals surface area (Å²) >= 11 is 3.98. The van der Waals surface area contributed by atoms with Gasteiger partial charge in [-0.1, -0.05) is 0 Å². The summed E-state index contributed by atoms with van der Waals surface area (Å²) in [6.45, 7) is 2.29. The molecule has 1 atom stereocenters. The Hall–Kier alpha value is 0.660. The van der Waals surface area contributed by atoms with Crippen molar-refractivity contribution in [3.8, 4) is 0 Å². The van der Waals surface area contributed by atoms with E-state index in [9.17, 15) is 0 Å². The molecule has 0 bridgehead atoms. The maximum absolute atomic E-state index is 3.62. The molecule has 1 aliphatic heterocycles. The SMILES string of the molecule is CSCCC(C)NC1CSC1. The summed E-state index contributed by atoms with van der Waals surface area (Å²) in [5.74, 6) is 3.93. The van der Waals surface area contributed by atoms with E-state index >= 15 is 0 Å².